The van der Waals surface area contributed by atoms with Crippen molar-refractivity contribution in [2.24, 2.45) is 10.4 Å². The second-order valence-corrected chi connectivity index (χ2v) is 8.05. The van der Waals surface area contributed by atoms with Crippen LogP contribution in [0, 0.1) is 5.41 Å². The Bertz CT molecular complexity index is 734. The van der Waals surface area contributed by atoms with Crippen molar-refractivity contribution in [1.82, 2.24) is 15.5 Å². The Morgan fingerprint density at radius 2 is 1.77 bits per heavy atom. The first-order valence-electron chi connectivity index (χ1n) is 10.9. The van der Waals surface area contributed by atoms with E-state index in [0.717, 1.165) is 42.7 Å². The van der Waals surface area contributed by atoms with Crippen LogP contribution in [-0.4, -0.2) is 57.7 Å². The van der Waals surface area contributed by atoms with E-state index in [2.05, 4.69) is 22.5 Å². The number of ether oxygens (including phenoxy) is 2. The van der Waals surface area contributed by atoms with Crippen LogP contribution < -0.4 is 20.1 Å². The minimum absolute atomic E-state index is 0. The van der Waals surface area contributed by atoms with Gasteiger partial charge in [-0.2, -0.15) is 0 Å². The molecule has 1 aromatic carbocycles. The van der Waals surface area contributed by atoms with Gasteiger partial charge in [-0.15, -0.1) is 24.0 Å². The zero-order valence-electron chi connectivity index (χ0n) is 19.8. The fourth-order valence-electron chi connectivity index (χ4n) is 4.07. The highest BCUT2D eigenvalue weighted by molar-refractivity contribution is 14.0. The van der Waals surface area contributed by atoms with Crippen LogP contribution in [-0.2, 0) is 4.79 Å². The number of amides is 1. The predicted octanol–water partition coefficient (Wildman–Crippen LogP) is 3.98. The maximum absolute atomic E-state index is 12.8. The summed E-state index contributed by atoms with van der Waals surface area (Å²) in [7, 11) is 5.42. The number of benzene rings is 1. The van der Waals surface area contributed by atoms with E-state index in [9.17, 15) is 4.79 Å². The van der Waals surface area contributed by atoms with E-state index < -0.39 is 0 Å². The molecule has 1 aliphatic rings. The van der Waals surface area contributed by atoms with Gasteiger partial charge in [0.1, 0.15) is 0 Å². The minimum Gasteiger partial charge on any atom is -0.490 e. The lowest BCUT2D eigenvalue weighted by Crippen LogP contribution is -2.49. The van der Waals surface area contributed by atoms with Gasteiger partial charge < -0.3 is 25.0 Å². The smallest absolute Gasteiger partial charge is 0.230 e. The molecule has 8 heteroatoms. The number of guanidine groups is 1. The molecule has 0 saturated heterocycles. The number of carbonyl (C=O) groups excluding carboxylic acids is 1. The van der Waals surface area contributed by atoms with Gasteiger partial charge in [0.05, 0.1) is 24.7 Å². The second-order valence-electron chi connectivity index (χ2n) is 8.05. The average molecular weight is 546 g/mol. The van der Waals surface area contributed by atoms with Gasteiger partial charge in [0, 0.05) is 27.7 Å². The maximum Gasteiger partial charge on any atom is 0.230 e. The minimum atomic E-state index is -0.342. The number of hydrogen-bond acceptors (Lipinski definition) is 4. The first kappa shape index (κ1) is 27.3. The van der Waals surface area contributed by atoms with Crippen molar-refractivity contribution in [2.75, 3.05) is 40.9 Å². The van der Waals surface area contributed by atoms with Gasteiger partial charge in [0.2, 0.25) is 5.91 Å². The average Bonchev–Trinajstić information content (AvgIpc) is 3.22. The van der Waals surface area contributed by atoms with E-state index in [4.69, 9.17) is 9.47 Å². The van der Waals surface area contributed by atoms with Crippen LogP contribution in [0.5, 0.6) is 11.5 Å². The normalized spacial score (nSPS) is 16.1. The number of rotatable bonds is 9. The summed E-state index contributed by atoms with van der Waals surface area (Å²) in [5.74, 6) is 2.38. The molecule has 1 atom stereocenters. The molecule has 0 radical (unpaired) electrons. The molecular weight excluding hydrogens is 507 g/mol. The Hall–Kier alpha value is -1.71. The largest absolute Gasteiger partial charge is 0.490 e. The summed E-state index contributed by atoms with van der Waals surface area (Å²) >= 11 is 0. The van der Waals surface area contributed by atoms with Crippen molar-refractivity contribution >= 4 is 35.8 Å². The third-order valence-corrected chi connectivity index (χ3v) is 5.66. The number of hydrogen-bond donors (Lipinski definition) is 2. The molecule has 31 heavy (non-hydrogen) atoms. The molecule has 2 N–H and O–H groups in total. The molecule has 1 saturated carbocycles. The lowest BCUT2D eigenvalue weighted by molar-refractivity contribution is -0.138. The molecule has 1 aliphatic carbocycles. The lowest BCUT2D eigenvalue weighted by Gasteiger charge is -2.31. The molecule has 1 aromatic rings. The van der Waals surface area contributed by atoms with Gasteiger partial charge in [-0.05, 0) is 51.3 Å². The summed E-state index contributed by atoms with van der Waals surface area (Å²) in [4.78, 5) is 18.9. The summed E-state index contributed by atoms with van der Waals surface area (Å²) < 4.78 is 11.4. The van der Waals surface area contributed by atoms with E-state index in [1.807, 2.05) is 46.1 Å². The van der Waals surface area contributed by atoms with Crippen LogP contribution in [0.1, 0.15) is 58.1 Å². The van der Waals surface area contributed by atoms with Gasteiger partial charge in [-0.1, -0.05) is 18.9 Å². The third-order valence-electron chi connectivity index (χ3n) is 5.66. The highest BCUT2D eigenvalue weighted by atomic mass is 127. The summed E-state index contributed by atoms with van der Waals surface area (Å²) in [6.07, 6.45) is 4.02. The summed E-state index contributed by atoms with van der Waals surface area (Å²) in [6.45, 7) is 7.76. The molecule has 7 nitrogen and oxygen atoms in total. The number of halogens is 1. The summed E-state index contributed by atoms with van der Waals surface area (Å²) in [5, 5.41) is 6.83. The molecule has 1 fully saturated rings. The van der Waals surface area contributed by atoms with Crippen LogP contribution >= 0.6 is 24.0 Å². The number of carbonyl (C=O) groups is 1. The number of aliphatic imine (C=N–C) groups is 1. The van der Waals surface area contributed by atoms with Crippen LogP contribution in [0.4, 0.5) is 0 Å². The van der Waals surface area contributed by atoms with Crippen molar-refractivity contribution in [3.8, 4) is 11.5 Å². The Morgan fingerprint density at radius 1 is 1.16 bits per heavy atom. The standard InChI is InChI=1S/C23H38N4O3.HI/c1-7-29-19-12-11-18(15-20(19)30-8-2)17(3)26-22(24-4)25-16-23(13-9-10-14-23)21(28)27(5)6;/h11-12,15,17H,7-10,13-14,16H2,1-6H3,(H2,24,25,26);1H. The first-order valence-corrected chi connectivity index (χ1v) is 10.9. The summed E-state index contributed by atoms with van der Waals surface area (Å²) in [5.41, 5.74) is 0.732. The van der Waals surface area contributed by atoms with Crippen molar-refractivity contribution < 1.29 is 14.3 Å². The van der Waals surface area contributed by atoms with Crippen LogP contribution in [0.3, 0.4) is 0 Å². The van der Waals surface area contributed by atoms with E-state index in [-0.39, 0.29) is 41.3 Å². The Labute approximate surface area is 204 Å². The van der Waals surface area contributed by atoms with Crippen LogP contribution in [0.15, 0.2) is 23.2 Å². The molecular formula is C23H39IN4O3. The lowest BCUT2D eigenvalue weighted by atomic mass is 9.84. The Kier molecular flexibility index (Phi) is 11.4. The molecule has 0 heterocycles. The van der Waals surface area contributed by atoms with Crippen LogP contribution in [0.2, 0.25) is 0 Å². The fraction of sp³-hybridized carbons (Fsp3) is 0.652. The van der Waals surface area contributed by atoms with Gasteiger partial charge in [-0.3, -0.25) is 9.79 Å². The maximum atomic E-state index is 12.8. The van der Waals surface area contributed by atoms with E-state index in [1.165, 1.54) is 0 Å². The SMILES string of the molecule is CCOc1ccc(C(C)NC(=NC)NCC2(C(=O)N(C)C)CCCC2)cc1OCC.I. The van der Waals surface area contributed by atoms with Crippen LogP contribution in [0.25, 0.3) is 0 Å². The highest BCUT2D eigenvalue weighted by Crippen LogP contribution is 2.39. The quantitative estimate of drug-likeness (QED) is 0.279. The number of nitrogens with one attached hydrogen (secondary N) is 2. The molecule has 1 amide bonds. The second kappa shape index (κ2) is 13.0. The topological polar surface area (TPSA) is 75.2 Å². The molecule has 0 aromatic heterocycles. The molecule has 0 bridgehead atoms. The van der Waals surface area contributed by atoms with Gasteiger partial charge >= 0.3 is 0 Å². The van der Waals surface area contributed by atoms with Crippen molar-refractivity contribution in [3.05, 3.63) is 23.8 Å². The number of nitrogens with zero attached hydrogens (tertiary/aromatic N) is 2. The predicted molar refractivity (Wildman–Crippen MR) is 137 cm³/mol. The highest BCUT2D eigenvalue weighted by Gasteiger charge is 2.42. The van der Waals surface area contributed by atoms with Crippen molar-refractivity contribution in [3.63, 3.8) is 0 Å². The Balaban J connectivity index is 0.00000480. The van der Waals surface area contributed by atoms with Crippen molar-refractivity contribution in [1.29, 1.82) is 0 Å². The zero-order chi connectivity index (χ0) is 22.1. The molecule has 0 spiro atoms. The van der Waals surface area contributed by atoms with Crippen molar-refractivity contribution in [2.45, 2.75) is 52.5 Å². The van der Waals surface area contributed by atoms with E-state index in [1.54, 1.807) is 11.9 Å². The summed E-state index contributed by atoms with van der Waals surface area (Å²) in [6, 6.07) is 6.00. The van der Waals surface area contributed by atoms with Gasteiger partial charge in [0.15, 0.2) is 17.5 Å². The van der Waals surface area contributed by atoms with E-state index in [0.29, 0.717) is 25.7 Å². The zero-order valence-corrected chi connectivity index (χ0v) is 22.1. The molecule has 0 aliphatic heterocycles. The Morgan fingerprint density at radius 3 is 2.32 bits per heavy atom. The molecule has 1 unspecified atom stereocenters. The fourth-order valence-corrected chi connectivity index (χ4v) is 4.07. The molecule has 176 valence electrons. The van der Waals surface area contributed by atoms with E-state index >= 15 is 0 Å². The third kappa shape index (κ3) is 7.15. The monoisotopic (exact) mass is 546 g/mol. The van der Waals surface area contributed by atoms with Gasteiger partial charge in [0.25, 0.3) is 0 Å². The first-order chi connectivity index (χ1) is 14.4. The molecule has 2 rings (SSSR count). The van der Waals surface area contributed by atoms with Gasteiger partial charge in [-0.25, -0.2) is 0 Å².